The van der Waals surface area contributed by atoms with Crippen LogP contribution in [0.3, 0.4) is 0 Å². The summed E-state index contributed by atoms with van der Waals surface area (Å²) in [6, 6.07) is 7.46. The third-order valence-electron chi connectivity index (χ3n) is 3.57. The molecule has 1 atom stereocenters. The summed E-state index contributed by atoms with van der Waals surface area (Å²) < 4.78 is 0. The van der Waals surface area contributed by atoms with Crippen molar-refractivity contribution < 1.29 is 4.79 Å². The molecule has 0 saturated carbocycles. The van der Waals surface area contributed by atoms with Crippen molar-refractivity contribution in [3.05, 3.63) is 29.3 Å². The van der Waals surface area contributed by atoms with Gasteiger partial charge in [0.25, 0.3) is 0 Å². The number of hydrogen-bond donors (Lipinski definition) is 2. The smallest absolute Gasteiger partial charge is 0.225 e. The Morgan fingerprint density at radius 2 is 2.00 bits per heavy atom. The normalized spacial score (nSPS) is 12.7. The summed E-state index contributed by atoms with van der Waals surface area (Å²) in [4.78, 5) is 14.0. The van der Waals surface area contributed by atoms with Gasteiger partial charge >= 0.3 is 0 Å². The molecule has 0 aliphatic rings. The molecule has 1 rings (SSSR count). The van der Waals surface area contributed by atoms with Gasteiger partial charge in [0, 0.05) is 19.0 Å². The number of nitrogens with one attached hydrogen (secondary N) is 1. The molecule has 0 saturated heterocycles. The number of para-hydroxylation sites is 1. The van der Waals surface area contributed by atoms with Crippen LogP contribution in [0.2, 0.25) is 5.02 Å². The molecule has 118 valence electrons. The Morgan fingerprint density at radius 3 is 2.62 bits per heavy atom. The van der Waals surface area contributed by atoms with E-state index in [-0.39, 0.29) is 11.9 Å². The Bertz CT molecular complexity index is 451. The average Bonchev–Trinajstić information content (AvgIpc) is 2.44. The van der Waals surface area contributed by atoms with E-state index < -0.39 is 0 Å². The molecule has 1 unspecified atom stereocenters. The molecule has 21 heavy (non-hydrogen) atoms. The second-order valence-corrected chi connectivity index (χ2v) is 6.19. The Kier molecular flexibility index (Phi) is 7.72. The highest BCUT2D eigenvalue weighted by Crippen LogP contribution is 2.20. The van der Waals surface area contributed by atoms with Gasteiger partial charge in [0.1, 0.15) is 0 Å². The quantitative estimate of drug-likeness (QED) is 0.776. The fourth-order valence-corrected chi connectivity index (χ4v) is 2.07. The molecule has 0 fully saturated rings. The summed E-state index contributed by atoms with van der Waals surface area (Å²) in [6.07, 6.45) is 1.39. The van der Waals surface area contributed by atoms with Gasteiger partial charge < -0.3 is 16.0 Å². The highest BCUT2D eigenvalue weighted by molar-refractivity contribution is 6.33. The first kappa shape index (κ1) is 18.0. The lowest BCUT2D eigenvalue weighted by molar-refractivity contribution is -0.116. The van der Waals surface area contributed by atoms with Gasteiger partial charge in [-0.15, -0.1) is 0 Å². The van der Waals surface area contributed by atoms with Gasteiger partial charge in [-0.2, -0.15) is 0 Å². The summed E-state index contributed by atoms with van der Waals surface area (Å²) in [6.45, 7) is 5.86. The van der Waals surface area contributed by atoms with Gasteiger partial charge in [0.05, 0.1) is 10.7 Å². The summed E-state index contributed by atoms with van der Waals surface area (Å²) in [5, 5.41) is 3.38. The molecule has 0 heterocycles. The van der Waals surface area contributed by atoms with Crippen molar-refractivity contribution in [3.63, 3.8) is 0 Å². The zero-order valence-electron chi connectivity index (χ0n) is 13.1. The number of nitrogens with two attached hydrogens (primary N) is 1. The highest BCUT2D eigenvalue weighted by atomic mass is 35.5. The van der Waals surface area contributed by atoms with Crippen LogP contribution in [0.5, 0.6) is 0 Å². The number of amides is 1. The molecule has 0 spiro atoms. The molecular formula is C16H26ClN3O. The third kappa shape index (κ3) is 6.93. The van der Waals surface area contributed by atoms with Gasteiger partial charge in [-0.25, -0.2) is 0 Å². The number of nitrogens with zero attached hydrogens (tertiary/aromatic N) is 1. The van der Waals surface area contributed by atoms with E-state index in [0.29, 0.717) is 29.6 Å². The maximum Gasteiger partial charge on any atom is 0.225 e. The molecule has 0 aliphatic heterocycles. The van der Waals surface area contributed by atoms with Gasteiger partial charge in [-0.3, -0.25) is 4.79 Å². The number of carbonyl (C=O) groups excluding carboxylic acids is 1. The van der Waals surface area contributed by atoms with Crippen molar-refractivity contribution in [1.82, 2.24) is 4.90 Å². The number of anilines is 1. The molecule has 0 radical (unpaired) electrons. The van der Waals surface area contributed by atoms with Crippen molar-refractivity contribution in [2.24, 2.45) is 11.7 Å². The number of rotatable bonds is 8. The predicted molar refractivity (Wildman–Crippen MR) is 89.6 cm³/mol. The minimum Gasteiger partial charge on any atom is -0.327 e. The number of halogens is 1. The van der Waals surface area contributed by atoms with Crippen LogP contribution in [-0.4, -0.2) is 37.0 Å². The molecule has 5 heteroatoms. The Hall–Kier alpha value is -1.10. The third-order valence-corrected chi connectivity index (χ3v) is 3.90. The maximum absolute atomic E-state index is 11.9. The van der Waals surface area contributed by atoms with E-state index in [1.54, 1.807) is 12.1 Å². The van der Waals surface area contributed by atoms with Crippen LogP contribution in [0, 0.1) is 5.92 Å². The second-order valence-electron chi connectivity index (χ2n) is 5.78. The van der Waals surface area contributed by atoms with Crippen LogP contribution in [0.4, 0.5) is 5.69 Å². The summed E-state index contributed by atoms with van der Waals surface area (Å²) in [5.74, 6) is 0.463. The monoisotopic (exact) mass is 311 g/mol. The van der Waals surface area contributed by atoms with Crippen molar-refractivity contribution in [2.75, 3.05) is 25.5 Å². The van der Waals surface area contributed by atoms with E-state index in [2.05, 4.69) is 24.1 Å². The lowest BCUT2D eigenvalue weighted by Crippen LogP contribution is -2.33. The molecular weight excluding hydrogens is 286 g/mol. The van der Waals surface area contributed by atoms with Gasteiger partial charge in [-0.05, 0) is 38.1 Å². The van der Waals surface area contributed by atoms with E-state index in [1.165, 1.54) is 0 Å². The van der Waals surface area contributed by atoms with E-state index in [0.717, 1.165) is 13.0 Å². The van der Waals surface area contributed by atoms with Crippen molar-refractivity contribution >= 4 is 23.2 Å². The lowest BCUT2D eigenvalue weighted by atomic mass is 10.0. The highest BCUT2D eigenvalue weighted by Gasteiger charge is 2.10. The van der Waals surface area contributed by atoms with E-state index in [4.69, 9.17) is 17.3 Å². The molecule has 0 bridgehead atoms. The zero-order chi connectivity index (χ0) is 15.8. The first-order chi connectivity index (χ1) is 9.90. The predicted octanol–water partition coefficient (Wildman–Crippen LogP) is 2.97. The van der Waals surface area contributed by atoms with E-state index in [1.807, 2.05) is 19.2 Å². The summed E-state index contributed by atoms with van der Waals surface area (Å²) >= 11 is 6.01. The second kappa shape index (κ2) is 9.03. The number of benzene rings is 1. The Labute approximate surface area is 132 Å². The molecule has 4 nitrogen and oxygen atoms in total. The van der Waals surface area contributed by atoms with Crippen molar-refractivity contribution in [1.29, 1.82) is 0 Å². The molecule has 0 aromatic heterocycles. The summed E-state index contributed by atoms with van der Waals surface area (Å²) in [7, 11) is 2.01. The SMILES string of the molecule is CC(C)C(N)CCN(C)CCC(=O)Nc1ccccc1Cl. The van der Waals surface area contributed by atoms with Crippen LogP contribution in [0.1, 0.15) is 26.7 Å². The molecule has 1 amide bonds. The fraction of sp³-hybridized carbons (Fsp3) is 0.562. The minimum absolute atomic E-state index is 0.0249. The van der Waals surface area contributed by atoms with E-state index in [9.17, 15) is 4.79 Å². The van der Waals surface area contributed by atoms with Crippen LogP contribution in [-0.2, 0) is 4.79 Å². The maximum atomic E-state index is 11.9. The zero-order valence-corrected chi connectivity index (χ0v) is 13.9. The first-order valence-electron chi connectivity index (χ1n) is 7.38. The Morgan fingerprint density at radius 1 is 1.33 bits per heavy atom. The van der Waals surface area contributed by atoms with Crippen LogP contribution < -0.4 is 11.1 Å². The molecule has 0 aliphatic carbocycles. The molecule has 3 N–H and O–H groups in total. The van der Waals surface area contributed by atoms with E-state index >= 15 is 0 Å². The first-order valence-corrected chi connectivity index (χ1v) is 7.76. The average molecular weight is 312 g/mol. The van der Waals surface area contributed by atoms with Crippen LogP contribution in [0.25, 0.3) is 0 Å². The minimum atomic E-state index is -0.0249. The summed E-state index contributed by atoms with van der Waals surface area (Å²) in [5.41, 5.74) is 6.68. The standard InChI is InChI=1S/C16H26ClN3O/c1-12(2)14(18)8-10-20(3)11-9-16(21)19-15-7-5-4-6-13(15)17/h4-7,12,14H,8-11,18H2,1-3H3,(H,19,21). The number of hydrogen-bond acceptors (Lipinski definition) is 3. The largest absolute Gasteiger partial charge is 0.327 e. The molecule has 1 aromatic rings. The Balaban J connectivity index is 2.28. The van der Waals surface area contributed by atoms with Gasteiger partial charge in [0.2, 0.25) is 5.91 Å². The van der Waals surface area contributed by atoms with Crippen LogP contribution in [0.15, 0.2) is 24.3 Å². The van der Waals surface area contributed by atoms with Crippen LogP contribution >= 0.6 is 11.6 Å². The lowest BCUT2D eigenvalue weighted by Gasteiger charge is -2.21. The van der Waals surface area contributed by atoms with Crippen molar-refractivity contribution in [3.8, 4) is 0 Å². The van der Waals surface area contributed by atoms with Crippen molar-refractivity contribution in [2.45, 2.75) is 32.7 Å². The van der Waals surface area contributed by atoms with Gasteiger partial charge in [-0.1, -0.05) is 37.6 Å². The topological polar surface area (TPSA) is 58.4 Å². The van der Waals surface area contributed by atoms with Gasteiger partial charge in [0.15, 0.2) is 0 Å². The molecule has 1 aromatic carbocycles. The number of carbonyl (C=O) groups is 1. The fourth-order valence-electron chi connectivity index (χ4n) is 1.88.